The van der Waals surface area contributed by atoms with E-state index in [0.29, 0.717) is 13.0 Å². The van der Waals surface area contributed by atoms with Crippen LogP contribution in [0.25, 0.3) is 0 Å². The summed E-state index contributed by atoms with van der Waals surface area (Å²) >= 11 is 1.72. The van der Waals surface area contributed by atoms with E-state index >= 15 is 0 Å². The van der Waals surface area contributed by atoms with Gasteiger partial charge in [0.1, 0.15) is 0 Å². The third-order valence-corrected chi connectivity index (χ3v) is 5.56. The van der Waals surface area contributed by atoms with Crippen LogP contribution in [0.3, 0.4) is 0 Å². The Kier molecular flexibility index (Phi) is 9.17. The Balaban J connectivity index is 0.00000280. The van der Waals surface area contributed by atoms with E-state index < -0.39 is 0 Å². The van der Waals surface area contributed by atoms with E-state index in [2.05, 4.69) is 38.1 Å². The number of aliphatic imine (C=N–C) groups is 1. The van der Waals surface area contributed by atoms with Gasteiger partial charge in [0.15, 0.2) is 5.96 Å². The zero-order chi connectivity index (χ0) is 19.1. The van der Waals surface area contributed by atoms with E-state index in [0.717, 1.165) is 55.3 Å². The molecule has 3 rings (SSSR count). The molecule has 6 nitrogen and oxygen atoms in total. The standard InChI is InChI=1S/C20H27N5OS.HI/c1-15-14-27-18(24-15)5-3-11-22-20(21-2)23-13-16-7-9-17(10-8-16)25-12-4-6-19(25)26;/h7-10,14H,3-6,11-13H2,1-2H3,(H2,21,22,23);1H. The highest BCUT2D eigenvalue weighted by atomic mass is 127. The van der Waals surface area contributed by atoms with Gasteiger partial charge in [0.2, 0.25) is 5.91 Å². The fourth-order valence-corrected chi connectivity index (χ4v) is 3.90. The van der Waals surface area contributed by atoms with E-state index in [9.17, 15) is 4.79 Å². The van der Waals surface area contributed by atoms with Crippen molar-refractivity contribution in [2.24, 2.45) is 4.99 Å². The Morgan fingerprint density at radius 1 is 1.29 bits per heavy atom. The highest BCUT2D eigenvalue weighted by Gasteiger charge is 2.21. The SMILES string of the molecule is CN=C(NCCCc1nc(C)cs1)NCc1ccc(N2CCCC2=O)cc1.I. The molecule has 1 amide bonds. The van der Waals surface area contributed by atoms with Crippen LogP contribution < -0.4 is 15.5 Å². The Labute approximate surface area is 187 Å². The van der Waals surface area contributed by atoms with Gasteiger partial charge in [-0.05, 0) is 37.5 Å². The zero-order valence-electron chi connectivity index (χ0n) is 16.4. The Hall–Kier alpha value is -1.68. The summed E-state index contributed by atoms with van der Waals surface area (Å²) in [5.41, 5.74) is 3.24. The van der Waals surface area contributed by atoms with Gasteiger partial charge in [0.05, 0.1) is 5.01 Å². The normalized spacial score (nSPS) is 14.1. The van der Waals surface area contributed by atoms with Crippen molar-refractivity contribution < 1.29 is 4.79 Å². The van der Waals surface area contributed by atoms with E-state index in [-0.39, 0.29) is 29.9 Å². The first-order valence-corrected chi connectivity index (χ1v) is 10.3. The molecule has 1 aromatic carbocycles. The number of aromatic nitrogens is 1. The smallest absolute Gasteiger partial charge is 0.227 e. The summed E-state index contributed by atoms with van der Waals surface area (Å²) in [6.07, 6.45) is 3.62. The number of aryl methyl sites for hydroxylation is 2. The van der Waals surface area contributed by atoms with E-state index in [4.69, 9.17) is 0 Å². The summed E-state index contributed by atoms with van der Waals surface area (Å²) in [4.78, 5) is 22.4. The summed E-state index contributed by atoms with van der Waals surface area (Å²) in [5, 5.41) is 9.95. The molecule has 2 aromatic rings. The molecule has 28 heavy (non-hydrogen) atoms. The molecule has 0 atom stereocenters. The van der Waals surface area contributed by atoms with Crippen molar-refractivity contribution in [3.05, 3.63) is 45.9 Å². The number of nitrogens with zero attached hydrogens (tertiary/aromatic N) is 3. The number of halogens is 1. The quantitative estimate of drug-likeness (QED) is 0.258. The van der Waals surface area contributed by atoms with Crippen LogP contribution in [-0.2, 0) is 17.8 Å². The van der Waals surface area contributed by atoms with Crippen LogP contribution in [-0.4, -0.2) is 37.0 Å². The lowest BCUT2D eigenvalue weighted by atomic mass is 10.2. The number of anilines is 1. The lowest BCUT2D eigenvalue weighted by Crippen LogP contribution is -2.37. The Morgan fingerprint density at radius 3 is 2.68 bits per heavy atom. The molecule has 0 radical (unpaired) electrons. The van der Waals surface area contributed by atoms with Crippen LogP contribution in [0.15, 0.2) is 34.6 Å². The predicted molar refractivity (Wildman–Crippen MR) is 127 cm³/mol. The van der Waals surface area contributed by atoms with Gasteiger partial charge in [-0.25, -0.2) is 4.98 Å². The van der Waals surface area contributed by atoms with Crippen molar-refractivity contribution in [1.29, 1.82) is 0 Å². The van der Waals surface area contributed by atoms with Gasteiger partial charge in [-0.3, -0.25) is 9.79 Å². The molecule has 1 fully saturated rings. The molecule has 0 spiro atoms. The fourth-order valence-electron chi connectivity index (χ4n) is 3.09. The van der Waals surface area contributed by atoms with Crippen LogP contribution in [0.1, 0.15) is 35.5 Å². The summed E-state index contributed by atoms with van der Waals surface area (Å²) in [7, 11) is 1.78. The molecular weight excluding hydrogens is 485 g/mol. The maximum Gasteiger partial charge on any atom is 0.227 e. The van der Waals surface area contributed by atoms with Crippen molar-refractivity contribution in [3.63, 3.8) is 0 Å². The first-order valence-electron chi connectivity index (χ1n) is 9.40. The Morgan fingerprint density at radius 2 is 2.07 bits per heavy atom. The lowest BCUT2D eigenvalue weighted by molar-refractivity contribution is -0.117. The maximum absolute atomic E-state index is 11.8. The maximum atomic E-state index is 11.8. The first kappa shape index (κ1) is 22.6. The lowest BCUT2D eigenvalue weighted by Gasteiger charge is -2.16. The van der Waals surface area contributed by atoms with E-state index in [1.165, 1.54) is 5.01 Å². The molecule has 1 aliphatic heterocycles. The van der Waals surface area contributed by atoms with Crippen molar-refractivity contribution in [2.75, 3.05) is 25.0 Å². The third-order valence-electron chi connectivity index (χ3n) is 4.53. The zero-order valence-corrected chi connectivity index (χ0v) is 19.5. The summed E-state index contributed by atoms with van der Waals surface area (Å²) in [6.45, 7) is 4.40. The second-order valence-electron chi connectivity index (χ2n) is 6.65. The number of guanidine groups is 1. The largest absolute Gasteiger partial charge is 0.356 e. The topological polar surface area (TPSA) is 69.6 Å². The van der Waals surface area contributed by atoms with Crippen molar-refractivity contribution in [3.8, 4) is 0 Å². The molecule has 8 heteroatoms. The van der Waals surface area contributed by atoms with Gasteiger partial charge < -0.3 is 15.5 Å². The van der Waals surface area contributed by atoms with Gasteiger partial charge in [0, 0.05) is 56.3 Å². The number of hydrogen-bond acceptors (Lipinski definition) is 4. The second kappa shape index (κ2) is 11.4. The number of benzene rings is 1. The molecule has 1 saturated heterocycles. The van der Waals surface area contributed by atoms with Crippen molar-refractivity contribution in [2.45, 2.75) is 39.2 Å². The molecule has 2 heterocycles. The van der Waals surface area contributed by atoms with Gasteiger partial charge in [-0.1, -0.05) is 12.1 Å². The predicted octanol–water partition coefficient (Wildman–Crippen LogP) is 3.49. The number of rotatable bonds is 7. The summed E-state index contributed by atoms with van der Waals surface area (Å²) < 4.78 is 0. The number of carbonyl (C=O) groups is 1. The molecule has 152 valence electrons. The highest BCUT2D eigenvalue weighted by Crippen LogP contribution is 2.21. The highest BCUT2D eigenvalue weighted by molar-refractivity contribution is 14.0. The van der Waals surface area contributed by atoms with Crippen LogP contribution in [0.4, 0.5) is 5.69 Å². The van der Waals surface area contributed by atoms with Gasteiger partial charge in [-0.15, -0.1) is 35.3 Å². The fraction of sp³-hybridized carbons (Fsp3) is 0.450. The average molecular weight is 513 g/mol. The first-order chi connectivity index (χ1) is 13.2. The monoisotopic (exact) mass is 513 g/mol. The number of nitrogens with one attached hydrogen (secondary N) is 2. The Bertz CT molecular complexity index is 790. The van der Waals surface area contributed by atoms with Gasteiger partial charge in [0.25, 0.3) is 0 Å². The van der Waals surface area contributed by atoms with E-state index in [1.807, 2.05) is 24.0 Å². The molecule has 0 saturated carbocycles. The molecule has 2 N–H and O–H groups in total. The minimum atomic E-state index is 0. The van der Waals surface area contributed by atoms with Crippen LogP contribution in [0, 0.1) is 6.92 Å². The van der Waals surface area contributed by atoms with Crippen LogP contribution in [0.2, 0.25) is 0 Å². The minimum Gasteiger partial charge on any atom is -0.356 e. The van der Waals surface area contributed by atoms with Gasteiger partial charge in [-0.2, -0.15) is 0 Å². The molecule has 0 aliphatic carbocycles. The molecule has 1 aromatic heterocycles. The average Bonchev–Trinajstić information content (AvgIpc) is 3.29. The summed E-state index contributed by atoms with van der Waals surface area (Å²) in [6, 6.07) is 8.16. The third kappa shape index (κ3) is 6.44. The summed E-state index contributed by atoms with van der Waals surface area (Å²) in [5.74, 6) is 1.02. The minimum absolute atomic E-state index is 0. The van der Waals surface area contributed by atoms with Crippen LogP contribution >= 0.6 is 35.3 Å². The number of carbonyl (C=O) groups excluding carboxylic acids is 1. The number of thiazole rings is 1. The molecule has 0 unspecified atom stereocenters. The van der Waals surface area contributed by atoms with Crippen LogP contribution in [0.5, 0.6) is 0 Å². The van der Waals surface area contributed by atoms with Gasteiger partial charge >= 0.3 is 0 Å². The number of hydrogen-bond donors (Lipinski definition) is 2. The molecule has 0 bridgehead atoms. The number of amides is 1. The van der Waals surface area contributed by atoms with E-state index in [1.54, 1.807) is 18.4 Å². The van der Waals surface area contributed by atoms with Crippen molar-refractivity contribution in [1.82, 2.24) is 15.6 Å². The molecule has 1 aliphatic rings. The van der Waals surface area contributed by atoms with Crippen molar-refractivity contribution >= 4 is 52.9 Å². The second-order valence-corrected chi connectivity index (χ2v) is 7.60. The molecular formula is C20H28IN5OS.